The van der Waals surface area contributed by atoms with Gasteiger partial charge in [0.1, 0.15) is 0 Å². The molecule has 1 rings (SSSR count). The maximum atomic E-state index is 10.9. The largest absolute Gasteiger partial charge is 0.545 e. The minimum atomic E-state index is -1.43. The molecule has 1 aromatic carbocycles. The first kappa shape index (κ1) is 11.6. The zero-order valence-electron chi connectivity index (χ0n) is 8.29. The molecule has 0 radical (unpaired) electrons. The molecule has 0 aliphatic heterocycles. The standard InChI is InChI=1S/C11H10N2O3/c14-10(6-7-11(15)16)13-12-8-9-4-2-1-3-5-9/h1-8H,(H,13,14)(H,15,16)/p-1/b7-6?,12-8-. The third-order valence-corrected chi connectivity index (χ3v) is 1.56. The highest BCUT2D eigenvalue weighted by Gasteiger charge is 1.90. The summed E-state index contributed by atoms with van der Waals surface area (Å²) in [7, 11) is 0. The second-order valence-electron chi connectivity index (χ2n) is 2.80. The second kappa shape index (κ2) is 6.13. The van der Waals surface area contributed by atoms with Gasteiger partial charge in [-0.3, -0.25) is 4.79 Å². The van der Waals surface area contributed by atoms with Gasteiger partial charge in [0.25, 0.3) is 5.91 Å². The lowest BCUT2D eigenvalue weighted by atomic mass is 10.2. The van der Waals surface area contributed by atoms with Crippen LogP contribution in [0.4, 0.5) is 0 Å². The number of rotatable bonds is 4. The average molecular weight is 217 g/mol. The van der Waals surface area contributed by atoms with Gasteiger partial charge in [0.15, 0.2) is 0 Å². The minimum Gasteiger partial charge on any atom is -0.545 e. The van der Waals surface area contributed by atoms with Crippen molar-refractivity contribution < 1.29 is 14.7 Å². The fourth-order valence-electron chi connectivity index (χ4n) is 0.891. The molecule has 1 amide bonds. The summed E-state index contributed by atoms with van der Waals surface area (Å²) < 4.78 is 0. The number of nitrogens with one attached hydrogen (secondary N) is 1. The summed E-state index contributed by atoms with van der Waals surface area (Å²) in [6.45, 7) is 0. The highest BCUT2D eigenvalue weighted by atomic mass is 16.4. The van der Waals surface area contributed by atoms with E-state index in [0.717, 1.165) is 11.6 Å². The van der Waals surface area contributed by atoms with E-state index in [4.69, 9.17) is 0 Å². The Morgan fingerprint density at radius 2 is 1.88 bits per heavy atom. The number of amides is 1. The van der Waals surface area contributed by atoms with E-state index < -0.39 is 11.9 Å². The monoisotopic (exact) mass is 217 g/mol. The lowest BCUT2D eigenvalue weighted by Crippen LogP contribution is -2.21. The zero-order valence-corrected chi connectivity index (χ0v) is 8.29. The van der Waals surface area contributed by atoms with Crippen molar-refractivity contribution in [1.29, 1.82) is 0 Å². The third-order valence-electron chi connectivity index (χ3n) is 1.56. The summed E-state index contributed by atoms with van der Waals surface area (Å²) in [4.78, 5) is 20.9. The highest BCUT2D eigenvalue weighted by Crippen LogP contribution is 1.92. The maximum Gasteiger partial charge on any atom is 0.264 e. The van der Waals surface area contributed by atoms with Gasteiger partial charge in [-0.1, -0.05) is 30.3 Å². The fraction of sp³-hybridized carbons (Fsp3) is 0. The van der Waals surface area contributed by atoms with Crippen LogP contribution >= 0.6 is 0 Å². The van der Waals surface area contributed by atoms with Crippen LogP contribution in [0.3, 0.4) is 0 Å². The Labute approximate surface area is 92.1 Å². The molecule has 0 aliphatic carbocycles. The van der Waals surface area contributed by atoms with Crippen LogP contribution in [0.15, 0.2) is 47.6 Å². The molecule has 0 aliphatic rings. The van der Waals surface area contributed by atoms with E-state index in [9.17, 15) is 14.7 Å². The summed E-state index contributed by atoms with van der Waals surface area (Å²) in [6.07, 6.45) is 2.91. The second-order valence-corrected chi connectivity index (χ2v) is 2.80. The SMILES string of the molecule is O=C([O-])C=CC(=O)N/N=C\c1ccccc1. The van der Waals surface area contributed by atoms with Crippen molar-refractivity contribution in [3.05, 3.63) is 48.0 Å². The van der Waals surface area contributed by atoms with Gasteiger partial charge in [0, 0.05) is 6.08 Å². The van der Waals surface area contributed by atoms with Crippen molar-refractivity contribution in [2.75, 3.05) is 0 Å². The molecule has 5 nitrogen and oxygen atoms in total. The summed E-state index contributed by atoms with van der Waals surface area (Å²) in [5.74, 6) is -2.06. The molecule has 5 heteroatoms. The van der Waals surface area contributed by atoms with Gasteiger partial charge in [-0.05, 0) is 11.6 Å². The van der Waals surface area contributed by atoms with Gasteiger partial charge in [0.2, 0.25) is 0 Å². The molecule has 1 N–H and O–H groups in total. The van der Waals surface area contributed by atoms with E-state index in [-0.39, 0.29) is 0 Å². The van der Waals surface area contributed by atoms with Crippen LogP contribution in [0.2, 0.25) is 0 Å². The number of carbonyl (C=O) groups is 2. The number of hydrogen-bond donors (Lipinski definition) is 1. The Morgan fingerprint density at radius 3 is 2.50 bits per heavy atom. The molecule has 16 heavy (non-hydrogen) atoms. The Morgan fingerprint density at radius 1 is 1.19 bits per heavy atom. The summed E-state index contributed by atoms with van der Waals surface area (Å²) in [5.41, 5.74) is 2.96. The van der Waals surface area contributed by atoms with Crippen LogP contribution < -0.4 is 10.5 Å². The van der Waals surface area contributed by atoms with E-state index >= 15 is 0 Å². The number of hydrazone groups is 1. The van der Waals surface area contributed by atoms with Crippen LogP contribution in [-0.4, -0.2) is 18.1 Å². The Balaban J connectivity index is 2.43. The van der Waals surface area contributed by atoms with Crippen molar-refractivity contribution >= 4 is 18.1 Å². The van der Waals surface area contributed by atoms with Crippen LogP contribution in [0.1, 0.15) is 5.56 Å². The first-order valence-corrected chi connectivity index (χ1v) is 4.45. The lowest BCUT2D eigenvalue weighted by Gasteiger charge is -1.94. The molecule has 0 bridgehead atoms. The van der Waals surface area contributed by atoms with E-state index in [0.29, 0.717) is 6.08 Å². The molecule has 0 saturated carbocycles. The molecular formula is C11H9N2O3-. The fourth-order valence-corrected chi connectivity index (χ4v) is 0.891. The van der Waals surface area contributed by atoms with Gasteiger partial charge in [-0.15, -0.1) is 0 Å². The van der Waals surface area contributed by atoms with Gasteiger partial charge < -0.3 is 9.90 Å². The molecule has 0 fully saturated rings. The van der Waals surface area contributed by atoms with Crippen molar-refractivity contribution in [2.24, 2.45) is 5.10 Å². The molecule has 0 atom stereocenters. The molecule has 0 saturated heterocycles. The summed E-state index contributed by atoms with van der Waals surface area (Å²) >= 11 is 0. The molecular weight excluding hydrogens is 208 g/mol. The number of benzene rings is 1. The minimum absolute atomic E-state index is 0.628. The molecule has 0 heterocycles. The Hall–Kier alpha value is -2.43. The summed E-state index contributed by atoms with van der Waals surface area (Å²) in [6, 6.07) is 9.15. The predicted molar refractivity (Wildman–Crippen MR) is 56.3 cm³/mol. The topological polar surface area (TPSA) is 81.6 Å². The van der Waals surface area contributed by atoms with Gasteiger partial charge in [-0.25, -0.2) is 5.43 Å². The van der Waals surface area contributed by atoms with E-state index in [1.54, 1.807) is 0 Å². The molecule has 0 spiro atoms. The highest BCUT2D eigenvalue weighted by molar-refractivity contribution is 5.93. The van der Waals surface area contributed by atoms with Crippen molar-refractivity contribution in [3.63, 3.8) is 0 Å². The Bertz CT molecular complexity index is 424. The van der Waals surface area contributed by atoms with E-state index in [1.165, 1.54) is 6.21 Å². The number of hydrogen-bond acceptors (Lipinski definition) is 4. The molecule has 1 aromatic rings. The van der Waals surface area contributed by atoms with Crippen LogP contribution in [0, 0.1) is 0 Å². The van der Waals surface area contributed by atoms with Crippen molar-refractivity contribution in [1.82, 2.24) is 5.43 Å². The maximum absolute atomic E-state index is 10.9. The number of carboxylic acid groups (broad SMARTS) is 1. The zero-order chi connectivity index (χ0) is 11.8. The smallest absolute Gasteiger partial charge is 0.264 e. The number of aliphatic carboxylic acids is 1. The van der Waals surface area contributed by atoms with E-state index in [1.807, 2.05) is 30.3 Å². The van der Waals surface area contributed by atoms with Crippen molar-refractivity contribution in [3.8, 4) is 0 Å². The lowest BCUT2D eigenvalue weighted by molar-refractivity contribution is -0.297. The predicted octanol–water partition coefficient (Wildman–Crippen LogP) is -0.557. The van der Waals surface area contributed by atoms with Crippen LogP contribution in [0.25, 0.3) is 0 Å². The van der Waals surface area contributed by atoms with Gasteiger partial charge in [-0.2, -0.15) is 5.10 Å². The first-order chi connectivity index (χ1) is 7.68. The number of carbonyl (C=O) groups excluding carboxylic acids is 2. The quantitative estimate of drug-likeness (QED) is 0.417. The normalized spacial score (nSPS) is 10.8. The van der Waals surface area contributed by atoms with Gasteiger partial charge in [0.05, 0.1) is 12.2 Å². The first-order valence-electron chi connectivity index (χ1n) is 4.45. The average Bonchev–Trinajstić information content (AvgIpc) is 2.28. The van der Waals surface area contributed by atoms with Crippen LogP contribution in [0.5, 0.6) is 0 Å². The van der Waals surface area contributed by atoms with Gasteiger partial charge >= 0.3 is 0 Å². The van der Waals surface area contributed by atoms with E-state index in [2.05, 4.69) is 10.5 Å². The van der Waals surface area contributed by atoms with Crippen LogP contribution in [-0.2, 0) is 9.59 Å². The van der Waals surface area contributed by atoms with Crippen molar-refractivity contribution in [2.45, 2.75) is 0 Å². The Kier molecular flexibility index (Phi) is 4.46. The number of nitrogens with zero attached hydrogens (tertiary/aromatic N) is 1. The third kappa shape index (κ3) is 4.71. The summed E-state index contributed by atoms with van der Waals surface area (Å²) in [5, 5.41) is 13.6. The number of carboxylic acids is 1. The molecule has 0 unspecified atom stereocenters. The molecule has 82 valence electrons. The molecule has 0 aromatic heterocycles.